The molecule has 2 heterocycles. The van der Waals surface area contributed by atoms with Gasteiger partial charge in [-0.25, -0.2) is 4.98 Å². The maximum atomic E-state index is 13.1. The summed E-state index contributed by atoms with van der Waals surface area (Å²) in [5, 5.41) is 12.9. The molecule has 5 nitrogen and oxygen atoms in total. The average Bonchev–Trinajstić information content (AvgIpc) is 2.92. The second-order valence-corrected chi connectivity index (χ2v) is 7.12. The first-order valence-electron chi connectivity index (χ1n) is 6.97. The molecule has 0 amide bonds. The number of halogens is 3. The van der Waals surface area contributed by atoms with Crippen LogP contribution in [0.1, 0.15) is 49.3 Å². The van der Waals surface area contributed by atoms with Crippen LogP contribution in [0.5, 0.6) is 0 Å². The van der Waals surface area contributed by atoms with Crippen molar-refractivity contribution in [3.8, 4) is 6.07 Å². The van der Waals surface area contributed by atoms with E-state index < -0.39 is 17.3 Å². The Labute approximate surface area is 141 Å². The fourth-order valence-corrected chi connectivity index (χ4v) is 2.72. The Bertz CT molecular complexity index is 787. The highest BCUT2D eigenvalue weighted by Gasteiger charge is 2.35. The molecular weight excluding hydrogens is 341 g/mol. The van der Waals surface area contributed by atoms with E-state index >= 15 is 0 Å². The van der Waals surface area contributed by atoms with Gasteiger partial charge in [0.15, 0.2) is 5.82 Å². The molecule has 2 aromatic heterocycles. The third-order valence-corrected chi connectivity index (χ3v) is 3.95. The van der Waals surface area contributed by atoms with Gasteiger partial charge >= 0.3 is 6.18 Å². The number of alkyl halides is 3. The first-order valence-corrected chi connectivity index (χ1v) is 7.95. The van der Waals surface area contributed by atoms with Gasteiger partial charge in [-0.15, -0.1) is 0 Å². The zero-order valence-corrected chi connectivity index (χ0v) is 14.3. The zero-order chi connectivity index (χ0) is 18.1. The minimum Gasteiger partial charge on any atom is -0.339 e. The molecule has 0 saturated carbocycles. The van der Waals surface area contributed by atoms with Crippen LogP contribution in [-0.4, -0.2) is 15.1 Å². The summed E-state index contributed by atoms with van der Waals surface area (Å²) < 4.78 is 44.3. The Kier molecular flexibility index (Phi) is 4.90. The molecular formula is C15H15F3N4OS. The van der Waals surface area contributed by atoms with Crippen LogP contribution < -0.4 is 0 Å². The monoisotopic (exact) mass is 356 g/mol. The van der Waals surface area contributed by atoms with E-state index in [0.29, 0.717) is 11.7 Å². The lowest BCUT2D eigenvalue weighted by molar-refractivity contribution is -0.138. The average molecular weight is 356 g/mol. The van der Waals surface area contributed by atoms with Crippen LogP contribution in [0.15, 0.2) is 15.6 Å². The number of hydrogen-bond acceptors (Lipinski definition) is 6. The summed E-state index contributed by atoms with van der Waals surface area (Å²) in [6.07, 6.45) is -4.61. The van der Waals surface area contributed by atoms with E-state index in [1.807, 2.05) is 20.8 Å². The van der Waals surface area contributed by atoms with Crippen molar-refractivity contribution in [3.63, 3.8) is 0 Å². The first-order chi connectivity index (χ1) is 11.0. The number of thioether (sulfide) groups is 1. The number of rotatable bonds is 3. The molecule has 0 aliphatic heterocycles. The van der Waals surface area contributed by atoms with Crippen molar-refractivity contribution in [1.82, 2.24) is 15.1 Å². The van der Waals surface area contributed by atoms with Gasteiger partial charge in [0.25, 0.3) is 0 Å². The van der Waals surface area contributed by atoms with E-state index in [1.165, 1.54) is 6.92 Å². The van der Waals surface area contributed by atoms with Crippen LogP contribution in [-0.2, 0) is 17.3 Å². The lowest BCUT2D eigenvalue weighted by Crippen LogP contribution is -2.11. The van der Waals surface area contributed by atoms with E-state index in [1.54, 1.807) is 6.07 Å². The Hall–Kier alpha value is -2.08. The molecule has 9 heteroatoms. The number of nitrogens with zero attached hydrogens (tertiary/aromatic N) is 4. The molecule has 0 aliphatic rings. The maximum Gasteiger partial charge on any atom is 0.417 e. The van der Waals surface area contributed by atoms with Crippen molar-refractivity contribution in [1.29, 1.82) is 5.26 Å². The standard InChI is InChI=1S/C15H15F3N4OS/c1-8-5-10(15(16,17)18)9(6-19)12(20-8)24-7-11-21-13(23-22-11)14(2,3)4/h5H,7H2,1-4H3. The van der Waals surface area contributed by atoms with Gasteiger partial charge in [0, 0.05) is 11.1 Å². The van der Waals surface area contributed by atoms with Crippen LogP contribution in [0, 0.1) is 18.3 Å². The Morgan fingerprint density at radius 1 is 1.25 bits per heavy atom. The van der Waals surface area contributed by atoms with Gasteiger partial charge in [0.2, 0.25) is 5.89 Å². The fraction of sp³-hybridized carbons (Fsp3) is 0.467. The van der Waals surface area contributed by atoms with Crippen molar-refractivity contribution in [2.75, 3.05) is 0 Å². The maximum absolute atomic E-state index is 13.1. The highest BCUT2D eigenvalue weighted by molar-refractivity contribution is 7.98. The molecule has 128 valence electrons. The molecule has 0 saturated heterocycles. The van der Waals surface area contributed by atoms with Crippen molar-refractivity contribution < 1.29 is 17.7 Å². The van der Waals surface area contributed by atoms with Crippen molar-refractivity contribution in [2.24, 2.45) is 0 Å². The second-order valence-electron chi connectivity index (χ2n) is 6.16. The van der Waals surface area contributed by atoms with Crippen LogP contribution in [0.25, 0.3) is 0 Å². The van der Waals surface area contributed by atoms with Gasteiger partial charge < -0.3 is 4.52 Å². The number of aromatic nitrogens is 3. The number of pyridine rings is 1. The van der Waals surface area contributed by atoms with Crippen LogP contribution >= 0.6 is 11.8 Å². The normalized spacial score (nSPS) is 12.2. The predicted octanol–water partition coefficient (Wildman–Crippen LogP) is 4.25. The fourth-order valence-electron chi connectivity index (χ4n) is 1.83. The third kappa shape index (κ3) is 4.06. The molecule has 0 atom stereocenters. The number of nitriles is 1. The molecule has 0 unspecified atom stereocenters. The highest BCUT2D eigenvalue weighted by Crippen LogP contribution is 2.36. The lowest BCUT2D eigenvalue weighted by Gasteiger charge is -2.12. The molecule has 2 rings (SSSR count). The Balaban J connectivity index is 2.29. The van der Waals surface area contributed by atoms with Gasteiger partial charge in [-0.05, 0) is 13.0 Å². The van der Waals surface area contributed by atoms with Gasteiger partial charge in [-0.3, -0.25) is 0 Å². The summed E-state index contributed by atoms with van der Waals surface area (Å²) in [7, 11) is 0. The Morgan fingerprint density at radius 3 is 2.42 bits per heavy atom. The van der Waals surface area contributed by atoms with Crippen LogP contribution in [0.2, 0.25) is 0 Å². The lowest BCUT2D eigenvalue weighted by atomic mass is 9.97. The van der Waals surface area contributed by atoms with E-state index in [-0.39, 0.29) is 21.9 Å². The molecule has 0 aromatic carbocycles. The smallest absolute Gasteiger partial charge is 0.339 e. The summed E-state index contributed by atoms with van der Waals surface area (Å²) in [4.78, 5) is 8.26. The first kappa shape index (κ1) is 18.3. The van der Waals surface area contributed by atoms with Crippen LogP contribution in [0.3, 0.4) is 0 Å². The van der Waals surface area contributed by atoms with Gasteiger partial charge in [0.1, 0.15) is 11.1 Å². The largest absolute Gasteiger partial charge is 0.417 e. The second kappa shape index (κ2) is 6.43. The molecule has 0 bridgehead atoms. The summed E-state index contributed by atoms with van der Waals surface area (Å²) >= 11 is 0.975. The predicted molar refractivity (Wildman–Crippen MR) is 81.3 cm³/mol. The van der Waals surface area contributed by atoms with E-state index in [0.717, 1.165) is 17.8 Å². The van der Waals surface area contributed by atoms with E-state index in [9.17, 15) is 13.2 Å². The molecule has 0 radical (unpaired) electrons. The minimum absolute atomic E-state index is 0.00642. The van der Waals surface area contributed by atoms with Crippen molar-refractivity contribution >= 4 is 11.8 Å². The quantitative estimate of drug-likeness (QED) is 0.765. The highest BCUT2D eigenvalue weighted by atomic mass is 32.2. The molecule has 0 N–H and O–H groups in total. The van der Waals surface area contributed by atoms with Crippen molar-refractivity contribution in [2.45, 2.75) is 50.1 Å². The van der Waals surface area contributed by atoms with E-state index in [4.69, 9.17) is 9.78 Å². The molecule has 24 heavy (non-hydrogen) atoms. The summed E-state index contributed by atoms with van der Waals surface area (Å²) in [5.74, 6) is 0.930. The summed E-state index contributed by atoms with van der Waals surface area (Å²) in [5.41, 5.74) is -1.60. The SMILES string of the molecule is Cc1cc(C(F)(F)F)c(C#N)c(SCc2noc(C(C)(C)C)n2)n1. The minimum atomic E-state index is -4.61. The molecule has 2 aromatic rings. The van der Waals surface area contributed by atoms with Crippen LogP contribution in [0.4, 0.5) is 13.2 Å². The van der Waals surface area contributed by atoms with Crippen molar-refractivity contribution in [3.05, 3.63) is 34.6 Å². The van der Waals surface area contributed by atoms with Gasteiger partial charge in [-0.1, -0.05) is 37.7 Å². The van der Waals surface area contributed by atoms with E-state index in [2.05, 4.69) is 15.1 Å². The third-order valence-electron chi connectivity index (χ3n) is 2.98. The topological polar surface area (TPSA) is 75.6 Å². The Morgan fingerprint density at radius 2 is 1.92 bits per heavy atom. The molecule has 0 aliphatic carbocycles. The zero-order valence-electron chi connectivity index (χ0n) is 13.5. The molecule has 0 spiro atoms. The number of aryl methyl sites for hydroxylation is 1. The molecule has 0 fully saturated rings. The summed E-state index contributed by atoms with van der Waals surface area (Å²) in [6, 6.07) is 2.47. The van der Waals surface area contributed by atoms with Gasteiger partial charge in [-0.2, -0.15) is 23.4 Å². The van der Waals surface area contributed by atoms with Gasteiger partial charge in [0.05, 0.1) is 16.9 Å². The number of hydrogen-bond donors (Lipinski definition) is 0. The summed E-state index contributed by atoms with van der Waals surface area (Å²) in [6.45, 7) is 7.17.